The predicted octanol–water partition coefficient (Wildman–Crippen LogP) is 5.20. The number of carbonyl (C=O) groups is 1. The maximum absolute atomic E-state index is 12.1. The third-order valence-electron chi connectivity index (χ3n) is 8.78. The molecule has 4 aliphatic carbocycles. The Morgan fingerprint density at radius 3 is 2.48 bits per heavy atom. The monoisotopic (exact) mass is 392 g/mol. The minimum Gasteiger partial charge on any atom is -0.497 e. The summed E-state index contributed by atoms with van der Waals surface area (Å²) >= 11 is 0. The van der Waals surface area contributed by atoms with Gasteiger partial charge in [-0.25, -0.2) is 0 Å². The molecule has 0 amide bonds. The van der Waals surface area contributed by atoms with Gasteiger partial charge in [-0.3, -0.25) is 4.79 Å². The summed E-state index contributed by atoms with van der Waals surface area (Å²) in [5, 5.41) is 11.3. The summed E-state index contributed by atoms with van der Waals surface area (Å²) in [4.78, 5) is 12.1. The number of benzene rings is 1. The van der Waals surface area contributed by atoms with Gasteiger partial charge in [-0.1, -0.05) is 36.3 Å². The van der Waals surface area contributed by atoms with Gasteiger partial charge < -0.3 is 9.84 Å². The molecule has 0 spiro atoms. The molecule has 29 heavy (non-hydrogen) atoms. The van der Waals surface area contributed by atoms with Gasteiger partial charge in [0, 0.05) is 11.8 Å². The topological polar surface area (TPSA) is 46.5 Å². The number of methoxy groups -OCH3 is 1. The number of hydrogen-bond acceptors (Lipinski definition) is 3. The molecule has 3 heteroatoms. The average Bonchev–Trinajstić information content (AvgIpc) is 2.96. The lowest BCUT2D eigenvalue weighted by Crippen LogP contribution is -2.51. The van der Waals surface area contributed by atoms with Gasteiger partial charge in [0.1, 0.15) is 5.75 Å². The highest BCUT2D eigenvalue weighted by atomic mass is 16.5. The van der Waals surface area contributed by atoms with Crippen LogP contribution >= 0.6 is 0 Å². The Kier molecular flexibility index (Phi) is 4.33. The second-order valence-electron chi connectivity index (χ2n) is 10.1. The van der Waals surface area contributed by atoms with Crippen molar-refractivity contribution in [3.63, 3.8) is 0 Å². The summed E-state index contributed by atoms with van der Waals surface area (Å²) in [5.41, 5.74) is 3.37. The quantitative estimate of drug-likeness (QED) is 0.704. The standard InChI is InChI=1S/C26H32O3/c1-25-15-22(16-4-8-19(29-3)9-5-16)24-20-11-7-18(27)14-17(20)6-10-21(24)23(25)12-13-26(25,2)28/h4-5,8-9,12,14,20-22,24,28H,6-7,10-11,13,15H2,1-3H3/t20?,21?,22-,24?,25+,26+/m1/s1. The van der Waals surface area contributed by atoms with Crippen molar-refractivity contribution in [1.29, 1.82) is 0 Å². The van der Waals surface area contributed by atoms with Crippen molar-refractivity contribution < 1.29 is 14.6 Å². The first-order chi connectivity index (χ1) is 13.8. The smallest absolute Gasteiger partial charge is 0.155 e. The fraction of sp³-hybridized carbons (Fsp3) is 0.577. The van der Waals surface area contributed by atoms with Crippen LogP contribution in [-0.2, 0) is 4.79 Å². The molecule has 1 aromatic rings. The molecular weight excluding hydrogens is 360 g/mol. The van der Waals surface area contributed by atoms with Crippen molar-refractivity contribution in [2.24, 2.45) is 23.2 Å². The van der Waals surface area contributed by atoms with Crippen molar-refractivity contribution >= 4 is 5.78 Å². The summed E-state index contributed by atoms with van der Waals surface area (Å²) in [5.74, 6) is 3.09. The van der Waals surface area contributed by atoms with Gasteiger partial charge in [-0.05, 0) is 86.5 Å². The van der Waals surface area contributed by atoms with E-state index in [4.69, 9.17) is 4.74 Å². The Morgan fingerprint density at radius 1 is 1.03 bits per heavy atom. The van der Waals surface area contributed by atoms with Crippen molar-refractivity contribution in [3.05, 3.63) is 53.1 Å². The number of allylic oxidation sites excluding steroid dienone is 2. The van der Waals surface area contributed by atoms with Crippen molar-refractivity contribution in [1.82, 2.24) is 0 Å². The maximum atomic E-state index is 12.1. The molecule has 4 aliphatic rings. The van der Waals surface area contributed by atoms with Gasteiger partial charge in [0.2, 0.25) is 0 Å². The highest BCUT2D eigenvalue weighted by molar-refractivity contribution is 5.91. The van der Waals surface area contributed by atoms with E-state index in [0.29, 0.717) is 35.9 Å². The van der Waals surface area contributed by atoms with Gasteiger partial charge in [-0.15, -0.1) is 0 Å². The lowest BCUT2D eigenvalue weighted by atomic mass is 9.48. The van der Waals surface area contributed by atoms with Crippen molar-refractivity contribution in [2.75, 3.05) is 7.11 Å². The summed E-state index contributed by atoms with van der Waals surface area (Å²) in [6.07, 6.45) is 9.83. The van der Waals surface area contributed by atoms with Crippen LogP contribution in [0.2, 0.25) is 0 Å². The fourth-order valence-electron chi connectivity index (χ4n) is 7.02. The van der Waals surface area contributed by atoms with Gasteiger partial charge in [-0.2, -0.15) is 0 Å². The minimum absolute atomic E-state index is 0.176. The second kappa shape index (κ2) is 6.57. The van der Waals surface area contributed by atoms with Crippen LogP contribution in [0.5, 0.6) is 5.75 Å². The van der Waals surface area contributed by atoms with Crippen LogP contribution in [0, 0.1) is 23.2 Å². The molecule has 3 nitrogen and oxygen atoms in total. The maximum Gasteiger partial charge on any atom is 0.155 e. The molecule has 0 aromatic heterocycles. The molecule has 0 aliphatic heterocycles. The molecule has 1 aromatic carbocycles. The SMILES string of the molecule is COc1ccc([C@H]2C[C@@]3(C)C(=CC[C@]3(C)O)C3CCC4=CC(=O)CCC4C32)cc1. The Labute approximate surface area is 173 Å². The Balaban J connectivity index is 1.61. The van der Waals surface area contributed by atoms with E-state index in [2.05, 4.69) is 37.3 Å². The third-order valence-corrected chi connectivity index (χ3v) is 8.78. The van der Waals surface area contributed by atoms with Crippen LogP contribution < -0.4 is 4.74 Å². The van der Waals surface area contributed by atoms with Crippen LogP contribution in [0.4, 0.5) is 0 Å². The summed E-state index contributed by atoms with van der Waals surface area (Å²) in [7, 11) is 1.71. The Hall–Kier alpha value is -1.87. The zero-order chi connectivity index (χ0) is 20.4. The van der Waals surface area contributed by atoms with Gasteiger partial charge in [0.05, 0.1) is 12.7 Å². The zero-order valence-corrected chi connectivity index (χ0v) is 17.8. The molecule has 0 saturated heterocycles. The van der Waals surface area contributed by atoms with E-state index in [0.717, 1.165) is 37.9 Å². The van der Waals surface area contributed by atoms with Crippen LogP contribution in [-0.4, -0.2) is 23.6 Å². The van der Waals surface area contributed by atoms with Crippen LogP contribution in [0.25, 0.3) is 0 Å². The number of ether oxygens (including phenoxy) is 1. The van der Waals surface area contributed by atoms with Crippen LogP contribution in [0.1, 0.15) is 63.9 Å². The fourth-order valence-corrected chi connectivity index (χ4v) is 7.02. The van der Waals surface area contributed by atoms with Crippen LogP contribution in [0.3, 0.4) is 0 Å². The molecule has 5 rings (SSSR count). The first kappa shape index (κ1) is 19.1. The number of fused-ring (bicyclic) bond motifs is 5. The molecule has 2 fully saturated rings. The minimum atomic E-state index is -0.684. The molecule has 3 unspecified atom stereocenters. The van der Waals surface area contributed by atoms with Gasteiger partial charge in [0.15, 0.2) is 5.78 Å². The van der Waals surface area contributed by atoms with Crippen molar-refractivity contribution in [3.8, 4) is 5.75 Å². The molecule has 6 atom stereocenters. The normalized spacial score (nSPS) is 41.0. The van der Waals surface area contributed by atoms with E-state index in [9.17, 15) is 9.90 Å². The largest absolute Gasteiger partial charge is 0.497 e. The summed E-state index contributed by atoms with van der Waals surface area (Å²) in [6, 6.07) is 8.56. The molecule has 0 heterocycles. The number of carbonyl (C=O) groups excluding carboxylic acids is 1. The highest BCUT2D eigenvalue weighted by Crippen LogP contribution is 2.66. The number of ketones is 1. The number of hydrogen-bond donors (Lipinski definition) is 1. The van der Waals surface area contributed by atoms with E-state index in [1.165, 1.54) is 16.7 Å². The molecule has 154 valence electrons. The van der Waals surface area contributed by atoms with Crippen LogP contribution in [0.15, 0.2) is 47.6 Å². The molecule has 0 radical (unpaired) electrons. The first-order valence-electron chi connectivity index (χ1n) is 11.1. The zero-order valence-electron chi connectivity index (χ0n) is 17.8. The number of rotatable bonds is 2. The molecular formula is C26H32O3. The lowest BCUT2D eigenvalue weighted by Gasteiger charge is -2.56. The highest BCUT2D eigenvalue weighted by Gasteiger charge is 2.59. The van der Waals surface area contributed by atoms with E-state index in [1.54, 1.807) is 7.11 Å². The van der Waals surface area contributed by atoms with E-state index in [-0.39, 0.29) is 5.41 Å². The van der Waals surface area contributed by atoms with E-state index < -0.39 is 5.60 Å². The van der Waals surface area contributed by atoms with Gasteiger partial charge in [0.25, 0.3) is 0 Å². The van der Waals surface area contributed by atoms with E-state index >= 15 is 0 Å². The predicted molar refractivity (Wildman–Crippen MR) is 114 cm³/mol. The lowest BCUT2D eigenvalue weighted by molar-refractivity contribution is -0.115. The summed E-state index contributed by atoms with van der Waals surface area (Å²) in [6.45, 7) is 4.31. The van der Waals surface area contributed by atoms with Crippen molar-refractivity contribution in [2.45, 2.75) is 63.9 Å². The Bertz CT molecular complexity index is 891. The Morgan fingerprint density at radius 2 is 1.76 bits per heavy atom. The first-order valence-corrected chi connectivity index (χ1v) is 11.1. The molecule has 1 N–H and O–H groups in total. The van der Waals surface area contributed by atoms with Gasteiger partial charge >= 0.3 is 0 Å². The third kappa shape index (κ3) is 2.77. The van der Waals surface area contributed by atoms with E-state index in [1.807, 2.05) is 13.0 Å². The average molecular weight is 393 g/mol. The molecule has 2 saturated carbocycles. The summed E-state index contributed by atoms with van der Waals surface area (Å²) < 4.78 is 5.39. The second-order valence-corrected chi connectivity index (χ2v) is 10.1. The molecule has 0 bridgehead atoms. The number of aliphatic hydroxyl groups is 1.